The first kappa shape index (κ1) is 18.9. The summed E-state index contributed by atoms with van der Waals surface area (Å²) in [6.45, 7) is 1.07. The molecule has 0 fully saturated rings. The van der Waals surface area contributed by atoms with Crippen molar-refractivity contribution < 1.29 is 14.3 Å². The third-order valence-corrected chi connectivity index (χ3v) is 5.04. The number of aromatic nitrogens is 2. The Morgan fingerprint density at radius 2 is 2.13 bits per heavy atom. The molecule has 3 heterocycles. The van der Waals surface area contributed by atoms with Gasteiger partial charge >= 0.3 is 0 Å². The average molecular weight is 411 g/mol. The van der Waals surface area contributed by atoms with E-state index in [0.29, 0.717) is 18.0 Å². The van der Waals surface area contributed by atoms with Crippen molar-refractivity contribution in [3.8, 4) is 11.5 Å². The van der Waals surface area contributed by atoms with Crippen molar-refractivity contribution in [1.82, 2.24) is 9.38 Å². The highest BCUT2D eigenvalue weighted by Gasteiger charge is 2.11. The van der Waals surface area contributed by atoms with Gasteiger partial charge in [0.05, 0.1) is 12.3 Å². The Kier molecular flexibility index (Phi) is 5.10. The monoisotopic (exact) mass is 411 g/mol. The second-order valence-corrected chi connectivity index (χ2v) is 7.30. The van der Waals surface area contributed by atoms with Crippen LogP contribution in [-0.2, 0) is 17.8 Å². The van der Waals surface area contributed by atoms with Crippen LogP contribution in [0.15, 0.2) is 79.1 Å². The summed E-state index contributed by atoms with van der Waals surface area (Å²) in [5.74, 6) is 1.40. The van der Waals surface area contributed by atoms with Crippen molar-refractivity contribution in [1.29, 1.82) is 0 Å². The van der Waals surface area contributed by atoms with Crippen LogP contribution >= 0.6 is 0 Å². The van der Waals surface area contributed by atoms with Gasteiger partial charge in [-0.05, 0) is 53.6 Å². The molecule has 5 rings (SSSR count). The van der Waals surface area contributed by atoms with Crippen LogP contribution in [0.4, 0.5) is 5.69 Å². The molecule has 0 spiro atoms. The lowest BCUT2D eigenvalue weighted by Gasteiger charge is -2.07. The number of rotatable bonds is 6. The molecule has 154 valence electrons. The van der Waals surface area contributed by atoms with Gasteiger partial charge in [-0.3, -0.25) is 4.79 Å². The van der Waals surface area contributed by atoms with Crippen LogP contribution in [0, 0.1) is 0 Å². The number of benzene rings is 2. The number of ether oxygens (including phenoxy) is 2. The number of carbonyl (C=O) groups excluding carboxylic acids is 1. The summed E-state index contributed by atoms with van der Waals surface area (Å²) in [5.41, 5.74) is 4.54. The van der Waals surface area contributed by atoms with E-state index < -0.39 is 0 Å². The van der Waals surface area contributed by atoms with Gasteiger partial charge < -0.3 is 19.2 Å². The minimum absolute atomic E-state index is 0.200. The van der Waals surface area contributed by atoms with Crippen LogP contribution in [0.25, 0.3) is 11.7 Å². The molecule has 6 nitrogen and oxygen atoms in total. The SMILES string of the molecule is O=C(/C=C/c1ccc2c(c1)CCO2)Nc1cccc(OCc2cn3ccccc3n2)c1. The molecule has 2 aromatic heterocycles. The van der Waals surface area contributed by atoms with Crippen LogP contribution in [-0.4, -0.2) is 21.9 Å². The molecule has 0 radical (unpaired) electrons. The van der Waals surface area contributed by atoms with Crippen molar-refractivity contribution in [2.24, 2.45) is 0 Å². The van der Waals surface area contributed by atoms with Crippen molar-refractivity contribution in [2.45, 2.75) is 13.0 Å². The molecule has 1 aliphatic rings. The number of imidazole rings is 1. The first-order valence-corrected chi connectivity index (χ1v) is 10.1. The van der Waals surface area contributed by atoms with E-state index in [1.54, 1.807) is 12.1 Å². The first-order chi connectivity index (χ1) is 15.2. The average Bonchev–Trinajstić information content (AvgIpc) is 3.42. The van der Waals surface area contributed by atoms with Crippen LogP contribution < -0.4 is 14.8 Å². The number of nitrogens with one attached hydrogen (secondary N) is 1. The topological polar surface area (TPSA) is 64.9 Å². The number of hydrogen-bond acceptors (Lipinski definition) is 4. The first-order valence-electron chi connectivity index (χ1n) is 10.1. The highest BCUT2D eigenvalue weighted by atomic mass is 16.5. The maximum atomic E-state index is 12.3. The Hall–Kier alpha value is -4.06. The molecule has 0 bridgehead atoms. The lowest BCUT2D eigenvalue weighted by atomic mass is 10.1. The van der Waals surface area contributed by atoms with Gasteiger partial charge in [-0.2, -0.15) is 0 Å². The van der Waals surface area contributed by atoms with E-state index in [2.05, 4.69) is 16.4 Å². The van der Waals surface area contributed by atoms with Crippen molar-refractivity contribution in [3.05, 3.63) is 96.0 Å². The summed E-state index contributed by atoms with van der Waals surface area (Å²) >= 11 is 0. The van der Waals surface area contributed by atoms with E-state index in [0.717, 1.165) is 35.7 Å². The number of anilines is 1. The largest absolute Gasteiger partial charge is 0.493 e. The molecule has 0 unspecified atom stereocenters. The molecule has 0 atom stereocenters. The predicted octanol–water partition coefficient (Wildman–Crippen LogP) is 4.50. The second kappa shape index (κ2) is 8.36. The van der Waals surface area contributed by atoms with Crippen molar-refractivity contribution in [3.63, 3.8) is 0 Å². The lowest BCUT2D eigenvalue weighted by molar-refractivity contribution is -0.111. The molecule has 1 N–H and O–H groups in total. The minimum Gasteiger partial charge on any atom is -0.493 e. The number of fused-ring (bicyclic) bond motifs is 2. The van der Waals surface area contributed by atoms with E-state index in [1.807, 2.05) is 65.3 Å². The normalized spacial score (nSPS) is 12.6. The van der Waals surface area contributed by atoms with Gasteiger partial charge in [0, 0.05) is 36.6 Å². The van der Waals surface area contributed by atoms with E-state index in [9.17, 15) is 4.79 Å². The van der Waals surface area contributed by atoms with E-state index in [1.165, 1.54) is 11.6 Å². The zero-order chi connectivity index (χ0) is 21.0. The standard InChI is InChI=1S/C25H21N3O3/c29-25(10-8-18-7-9-23-19(14-18)11-13-30-23)27-20-4-3-5-22(15-20)31-17-21-16-28-12-2-1-6-24(28)26-21/h1-10,12,14-16H,11,13,17H2,(H,27,29)/b10-8+. The maximum Gasteiger partial charge on any atom is 0.248 e. The molecular weight excluding hydrogens is 390 g/mol. The van der Waals surface area contributed by atoms with E-state index in [-0.39, 0.29) is 5.91 Å². The van der Waals surface area contributed by atoms with Gasteiger partial charge in [-0.15, -0.1) is 0 Å². The smallest absolute Gasteiger partial charge is 0.248 e. The van der Waals surface area contributed by atoms with Crippen molar-refractivity contribution >= 4 is 23.3 Å². The van der Waals surface area contributed by atoms with E-state index in [4.69, 9.17) is 9.47 Å². The van der Waals surface area contributed by atoms with Crippen LogP contribution in [0.1, 0.15) is 16.8 Å². The summed E-state index contributed by atoms with van der Waals surface area (Å²) in [4.78, 5) is 16.9. The van der Waals surface area contributed by atoms with Crippen molar-refractivity contribution in [2.75, 3.05) is 11.9 Å². The third kappa shape index (κ3) is 4.43. The highest BCUT2D eigenvalue weighted by molar-refractivity contribution is 6.02. The van der Waals surface area contributed by atoms with Gasteiger partial charge in [-0.25, -0.2) is 4.98 Å². The molecular formula is C25H21N3O3. The third-order valence-electron chi connectivity index (χ3n) is 5.04. The minimum atomic E-state index is -0.200. The van der Waals surface area contributed by atoms with Gasteiger partial charge in [-0.1, -0.05) is 18.2 Å². The Morgan fingerprint density at radius 3 is 3.06 bits per heavy atom. The molecule has 2 aromatic carbocycles. The van der Waals surface area contributed by atoms with Gasteiger partial charge in [0.2, 0.25) is 5.91 Å². The molecule has 1 amide bonds. The summed E-state index contributed by atoms with van der Waals surface area (Å²) in [6.07, 6.45) is 8.13. The Labute approximate surface area is 179 Å². The van der Waals surface area contributed by atoms with Crippen LogP contribution in [0.5, 0.6) is 11.5 Å². The van der Waals surface area contributed by atoms with Gasteiger partial charge in [0.15, 0.2) is 0 Å². The Balaban J connectivity index is 1.20. The fourth-order valence-corrected chi connectivity index (χ4v) is 3.54. The quantitative estimate of drug-likeness (QED) is 0.475. The molecule has 0 aliphatic carbocycles. The zero-order valence-electron chi connectivity index (χ0n) is 16.8. The van der Waals surface area contributed by atoms with Gasteiger partial charge in [0.25, 0.3) is 0 Å². The number of nitrogens with zero attached hydrogens (tertiary/aromatic N) is 2. The molecule has 0 saturated heterocycles. The molecule has 4 aromatic rings. The summed E-state index contributed by atoms with van der Waals surface area (Å²) in [6, 6.07) is 19.1. The van der Waals surface area contributed by atoms with Crippen LogP contribution in [0.3, 0.4) is 0 Å². The Morgan fingerprint density at radius 1 is 1.16 bits per heavy atom. The maximum absolute atomic E-state index is 12.3. The number of hydrogen-bond donors (Lipinski definition) is 1. The second-order valence-electron chi connectivity index (χ2n) is 7.30. The summed E-state index contributed by atoms with van der Waals surface area (Å²) in [7, 11) is 0. The predicted molar refractivity (Wildman–Crippen MR) is 119 cm³/mol. The summed E-state index contributed by atoms with van der Waals surface area (Å²) < 4.78 is 13.3. The Bertz CT molecular complexity index is 1240. The van der Waals surface area contributed by atoms with E-state index >= 15 is 0 Å². The number of carbonyl (C=O) groups is 1. The molecule has 1 aliphatic heterocycles. The fourth-order valence-electron chi connectivity index (χ4n) is 3.54. The molecule has 6 heteroatoms. The summed E-state index contributed by atoms with van der Waals surface area (Å²) in [5, 5.41) is 2.87. The fraction of sp³-hybridized carbons (Fsp3) is 0.120. The highest BCUT2D eigenvalue weighted by Crippen LogP contribution is 2.26. The van der Waals surface area contributed by atoms with Crippen LogP contribution in [0.2, 0.25) is 0 Å². The zero-order valence-corrected chi connectivity index (χ0v) is 16.8. The number of amides is 1. The lowest BCUT2D eigenvalue weighted by Crippen LogP contribution is -2.07. The molecule has 31 heavy (non-hydrogen) atoms. The number of pyridine rings is 1. The van der Waals surface area contributed by atoms with Gasteiger partial charge in [0.1, 0.15) is 23.8 Å². The molecule has 0 saturated carbocycles.